The Hall–Kier alpha value is -2.26. The molecule has 0 bridgehead atoms. The van der Waals surface area contributed by atoms with Crippen LogP contribution >= 0.6 is 27.7 Å². The van der Waals surface area contributed by atoms with Crippen molar-refractivity contribution in [3.8, 4) is 0 Å². The summed E-state index contributed by atoms with van der Waals surface area (Å²) in [6, 6.07) is 11.7. The van der Waals surface area contributed by atoms with Gasteiger partial charge in [0.25, 0.3) is 0 Å². The van der Waals surface area contributed by atoms with Crippen LogP contribution in [0.25, 0.3) is 0 Å². The number of carbonyl (C=O) groups is 1. The van der Waals surface area contributed by atoms with Gasteiger partial charge in [0.2, 0.25) is 11.9 Å². The highest BCUT2D eigenvalue weighted by Gasteiger charge is 2.22. The topological polar surface area (TPSA) is 76.2 Å². The number of furan rings is 1. The number of carbonyl (C=O) groups excluding carboxylic acids is 1. The number of benzene rings is 1. The molecular weight excluding hydrogens is 466 g/mol. The summed E-state index contributed by atoms with van der Waals surface area (Å²) in [6.07, 6.45) is 3.98. The molecule has 1 amide bonds. The molecule has 0 saturated carbocycles. The summed E-state index contributed by atoms with van der Waals surface area (Å²) in [6.45, 7) is 4.49. The lowest BCUT2D eigenvalue weighted by molar-refractivity contribution is -0.119. The van der Waals surface area contributed by atoms with Gasteiger partial charge in [-0.3, -0.25) is 9.36 Å². The van der Waals surface area contributed by atoms with Gasteiger partial charge in [0.15, 0.2) is 5.16 Å². The van der Waals surface area contributed by atoms with Crippen LogP contribution in [-0.4, -0.2) is 39.5 Å². The number of anilines is 1. The van der Waals surface area contributed by atoms with Crippen molar-refractivity contribution in [3.05, 3.63) is 58.5 Å². The standard InChI is InChI=1S/C21H24BrN5O2S/c1-15(16-6-8-17(22)9-7-16)23-19(28)14-30-21-25-24-20(26-10-2-3-11-26)27(21)13-18-5-4-12-29-18/h4-9,12,15H,2-3,10-11,13-14H2,1H3,(H,23,28). The summed E-state index contributed by atoms with van der Waals surface area (Å²) >= 11 is 4.83. The molecule has 3 aromatic rings. The molecule has 0 spiro atoms. The molecule has 3 heterocycles. The minimum atomic E-state index is -0.0626. The van der Waals surface area contributed by atoms with E-state index in [0.29, 0.717) is 6.54 Å². The molecule has 1 saturated heterocycles. The molecule has 1 aromatic carbocycles. The molecule has 1 atom stereocenters. The fraction of sp³-hybridized carbons (Fsp3) is 0.381. The molecule has 7 nitrogen and oxygen atoms in total. The number of aromatic nitrogens is 3. The number of rotatable bonds is 8. The molecule has 0 radical (unpaired) electrons. The fourth-order valence-corrected chi connectivity index (χ4v) is 4.49. The first-order valence-electron chi connectivity index (χ1n) is 9.98. The van der Waals surface area contributed by atoms with Crippen LogP contribution in [0.3, 0.4) is 0 Å². The van der Waals surface area contributed by atoms with E-state index in [1.165, 1.54) is 11.8 Å². The van der Waals surface area contributed by atoms with Gasteiger partial charge < -0.3 is 14.6 Å². The molecule has 1 N–H and O–H groups in total. The van der Waals surface area contributed by atoms with Crippen molar-refractivity contribution in [2.75, 3.05) is 23.7 Å². The monoisotopic (exact) mass is 489 g/mol. The van der Waals surface area contributed by atoms with Crippen LogP contribution in [0.4, 0.5) is 5.95 Å². The highest BCUT2D eigenvalue weighted by atomic mass is 79.9. The minimum absolute atomic E-state index is 0.0364. The molecular formula is C21H24BrN5O2S. The van der Waals surface area contributed by atoms with E-state index in [1.807, 2.05) is 47.9 Å². The van der Waals surface area contributed by atoms with E-state index in [9.17, 15) is 4.79 Å². The number of nitrogens with zero attached hydrogens (tertiary/aromatic N) is 4. The lowest BCUT2D eigenvalue weighted by atomic mass is 10.1. The Morgan fingerprint density at radius 2 is 2.00 bits per heavy atom. The first-order valence-corrected chi connectivity index (χ1v) is 11.8. The maximum atomic E-state index is 12.5. The van der Waals surface area contributed by atoms with Crippen LogP contribution in [0.5, 0.6) is 0 Å². The van der Waals surface area contributed by atoms with Crippen molar-refractivity contribution < 1.29 is 9.21 Å². The fourth-order valence-electron chi connectivity index (χ4n) is 3.48. The number of thioether (sulfide) groups is 1. The summed E-state index contributed by atoms with van der Waals surface area (Å²) in [4.78, 5) is 14.8. The Bertz CT molecular complexity index is 968. The Balaban J connectivity index is 1.42. The molecule has 9 heteroatoms. The van der Waals surface area contributed by atoms with Gasteiger partial charge in [0.05, 0.1) is 24.6 Å². The number of halogens is 1. The molecule has 30 heavy (non-hydrogen) atoms. The largest absolute Gasteiger partial charge is 0.467 e. The lowest BCUT2D eigenvalue weighted by Crippen LogP contribution is -2.28. The number of hydrogen-bond donors (Lipinski definition) is 1. The highest BCUT2D eigenvalue weighted by molar-refractivity contribution is 9.10. The molecule has 158 valence electrons. The van der Waals surface area contributed by atoms with Gasteiger partial charge >= 0.3 is 0 Å². The van der Waals surface area contributed by atoms with E-state index >= 15 is 0 Å². The third-order valence-corrected chi connectivity index (χ3v) is 6.56. The molecule has 1 fully saturated rings. The Labute approximate surface area is 188 Å². The summed E-state index contributed by atoms with van der Waals surface area (Å²) in [5, 5.41) is 12.6. The van der Waals surface area contributed by atoms with Crippen molar-refractivity contribution in [2.24, 2.45) is 0 Å². The van der Waals surface area contributed by atoms with Crippen molar-refractivity contribution >= 4 is 39.5 Å². The Kier molecular flexibility index (Phi) is 6.79. The van der Waals surface area contributed by atoms with E-state index in [1.54, 1.807) is 6.26 Å². The zero-order valence-corrected chi connectivity index (χ0v) is 19.2. The van der Waals surface area contributed by atoms with Crippen LogP contribution < -0.4 is 10.2 Å². The third-order valence-electron chi connectivity index (χ3n) is 5.06. The molecule has 0 aliphatic carbocycles. The van der Waals surface area contributed by atoms with Crippen LogP contribution in [0.2, 0.25) is 0 Å². The van der Waals surface area contributed by atoms with Crippen LogP contribution in [-0.2, 0) is 11.3 Å². The van der Waals surface area contributed by atoms with Crippen molar-refractivity contribution in [1.82, 2.24) is 20.1 Å². The van der Waals surface area contributed by atoms with Crippen molar-refractivity contribution in [3.63, 3.8) is 0 Å². The molecule has 2 aromatic heterocycles. The summed E-state index contributed by atoms with van der Waals surface area (Å²) in [7, 11) is 0. The van der Waals surface area contributed by atoms with Gasteiger partial charge in [-0.25, -0.2) is 0 Å². The predicted octanol–water partition coefficient (Wildman–Crippen LogP) is 4.25. The first-order chi connectivity index (χ1) is 14.6. The normalized spacial score (nSPS) is 14.8. The van der Waals surface area contributed by atoms with Gasteiger partial charge in [0, 0.05) is 17.6 Å². The maximum absolute atomic E-state index is 12.5. The van der Waals surface area contributed by atoms with Gasteiger partial charge in [-0.2, -0.15) is 0 Å². The summed E-state index contributed by atoms with van der Waals surface area (Å²) in [5.74, 6) is 1.92. The minimum Gasteiger partial charge on any atom is -0.467 e. The van der Waals surface area contributed by atoms with E-state index in [4.69, 9.17) is 4.42 Å². The highest BCUT2D eigenvalue weighted by Crippen LogP contribution is 2.26. The number of hydrogen-bond acceptors (Lipinski definition) is 6. The summed E-state index contributed by atoms with van der Waals surface area (Å²) < 4.78 is 8.59. The van der Waals surface area contributed by atoms with Gasteiger partial charge in [0.1, 0.15) is 5.76 Å². The van der Waals surface area contributed by atoms with Crippen molar-refractivity contribution in [1.29, 1.82) is 0 Å². The quantitative estimate of drug-likeness (QED) is 0.476. The second kappa shape index (κ2) is 9.70. The second-order valence-corrected chi connectivity index (χ2v) is 9.13. The average Bonchev–Trinajstić information content (AvgIpc) is 3.50. The second-order valence-electron chi connectivity index (χ2n) is 7.27. The SMILES string of the molecule is CC(NC(=O)CSc1nnc(N2CCCC2)n1Cc1ccco1)c1ccc(Br)cc1. The van der Waals surface area contributed by atoms with E-state index in [-0.39, 0.29) is 17.7 Å². The zero-order chi connectivity index (χ0) is 20.9. The maximum Gasteiger partial charge on any atom is 0.230 e. The molecule has 1 unspecified atom stereocenters. The predicted molar refractivity (Wildman–Crippen MR) is 121 cm³/mol. The van der Waals surface area contributed by atoms with Crippen LogP contribution in [0, 0.1) is 0 Å². The van der Waals surface area contributed by atoms with Gasteiger partial charge in [-0.05, 0) is 49.6 Å². The van der Waals surface area contributed by atoms with Crippen LogP contribution in [0.15, 0.2) is 56.7 Å². The van der Waals surface area contributed by atoms with Crippen molar-refractivity contribution in [2.45, 2.75) is 37.5 Å². The lowest BCUT2D eigenvalue weighted by Gasteiger charge is -2.18. The average molecular weight is 490 g/mol. The van der Waals surface area contributed by atoms with Gasteiger partial charge in [-0.1, -0.05) is 39.8 Å². The molecule has 1 aliphatic heterocycles. The van der Waals surface area contributed by atoms with Crippen LogP contribution in [0.1, 0.15) is 37.1 Å². The third kappa shape index (κ3) is 5.07. The van der Waals surface area contributed by atoms with E-state index in [0.717, 1.165) is 52.8 Å². The van der Waals surface area contributed by atoms with E-state index in [2.05, 4.69) is 36.3 Å². The molecule has 4 rings (SSSR count). The smallest absolute Gasteiger partial charge is 0.230 e. The first kappa shape index (κ1) is 21.0. The Morgan fingerprint density at radius 1 is 1.23 bits per heavy atom. The molecule has 1 aliphatic rings. The van der Waals surface area contributed by atoms with E-state index < -0.39 is 0 Å². The number of nitrogens with one attached hydrogen (secondary N) is 1. The summed E-state index contributed by atoms with van der Waals surface area (Å²) in [5.41, 5.74) is 1.06. The zero-order valence-electron chi connectivity index (χ0n) is 16.8. The number of amides is 1. The van der Waals surface area contributed by atoms with Gasteiger partial charge in [-0.15, -0.1) is 10.2 Å². The Morgan fingerprint density at radius 3 is 2.70 bits per heavy atom.